The van der Waals surface area contributed by atoms with Crippen molar-refractivity contribution in [3.8, 4) is 0 Å². The van der Waals surface area contributed by atoms with Gasteiger partial charge in [-0.2, -0.15) is 0 Å². The highest BCUT2D eigenvalue weighted by Crippen LogP contribution is 2.37. The lowest BCUT2D eigenvalue weighted by molar-refractivity contribution is 1.48. The molecule has 0 fully saturated rings. The van der Waals surface area contributed by atoms with Gasteiger partial charge in [0, 0.05) is 25.9 Å². The third-order valence-corrected chi connectivity index (χ3v) is 3.92. The Balaban J connectivity index is 2.88. The predicted octanol–water partition coefficient (Wildman–Crippen LogP) is 3.67. The molecule has 0 bridgehead atoms. The van der Waals surface area contributed by atoms with Crippen LogP contribution < -0.4 is 5.73 Å². The van der Waals surface area contributed by atoms with Gasteiger partial charge >= 0.3 is 0 Å². The van der Waals surface area contributed by atoms with E-state index >= 15 is 0 Å². The summed E-state index contributed by atoms with van der Waals surface area (Å²) in [5, 5.41) is 2.86. The van der Waals surface area contributed by atoms with Crippen molar-refractivity contribution in [1.82, 2.24) is 0 Å². The molecule has 0 saturated heterocycles. The fraction of sp³-hybridized carbons (Fsp3) is 0.111. The summed E-state index contributed by atoms with van der Waals surface area (Å²) in [7, 11) is 0. The maximum absolute atomic E-state index is 5.89. The summed E-state index contributed by atoms with van der Waals surface area (Å²) >= 11 is 9.47. The lowest BCUT2D eigenvalue weighted by Gasteiger charge is -1.97. The van der Waals surface area contributed by atoms with E-state index in [2.05, 4.69) is 34.6 Å². The number of halogens is 1. The first-order chi connectivity index (χ1) is 6.24. The predicted molar refractivity (Wildman–Crippen MR) is 66.1 cm³/mol. The molecule has 0 spiro atoms. The van der Waals surface area contributed by atoms with E-state index in [4.69, 9.17) is 5.73 Å². The molecule has 1 heterocycles. The first-order valence-corrected chi connectivity index (χ1v) is 6.17. The fourth-order valence-electron chi connectivity index (χ4n) is 1.34. The van der Waals surface area contributed by atoms with Crippen molar-refractivity contribution in [3.63, 3.8) is 0 Å². The number of thiol groups is 1. The highest BCUT2D eigenvalue weighted by molar-refractivity contribution is 9.08. The van der Waals surface area contributed by atoms with Crippen molar-refractivity contribution in [1.29, 1.82) is 0 Å². The number of anilines is 1. The van der Waals surface area contributed by atoms with Gasteiger partial charge in [-0.05, 0) is 12.1 Å². The standard InChI is InChI=1S/C9H8BrNS2/c10-4-5-8-6(12)2-1-3-7(8)13-9(5)11/h1-3,12H,4,11H2. The summed E-state index contributed by atoms with van der Waals surface area (Å²) in [4.78, 5) is 1.000. The molecule has 1 nitrogen and oxygen atoms in total. The number of hydrogen-bond donors (Lipinski definition) is 2. The molecule has 0 unspecified atom stereocenters. The molecule has 0 aliphatic heterocycles. The van der Waals surface area contributed by atoms with E-state index in [0.29, 0.717) is 0 Å². The Bertz CT molecular complexity index is 450. The van der Waals surface area contributed by atoms with Crippen LogP contribution in [0.15, 0.2) is 23.1 Å². The minimum atomic E-state index is 0.788. The number of benzene rings is 1. The van der Waals surface area contributed by atoms with E-state index < -0.39 is 0 Å². The van der Waals surface area contributed by atoms with Gasteiger partial charge in [-0.15, -0.1) is 24.0 Å². The van der Waals surface area contributed by atoms with E-state index in [9.17, 15) is 0 Å². The first-order valence-electron chi connectivity index (χ1n) is 3.79. The van der Waals surface area contributed by atoms with E-state index in [1.807, 2.05) is 12.1 Å². The molecule has 0 aliphatic carbocycles. The third-order valence-electron chi connectivity index (χ3n) is 1.96. The van der Waals surface area contributed by atoms with Crippen LogP contribution in [-0.2, 0) is 5.33 Å². The summed E-state index contributed by atoms with van der Waals surface area (Å²) < 4.78 is 1.21. The average molecular weight is 274 g/mol. The van der Waals surface area contributed by atoms with E-state index in [1.165, 1.54) is 10.1 Å². The number of fused-ring (bicyclic) bond motifs is 1. The summed E-state index contributed by atoms with van der Waals surface area (Å²) in [5.74, 6) is 0. The largest absolute Gasteiger partial charge is 0.390 e. The topological polar surface area (TPSA) is 26.0 Å². The van der Waals surface area contributed by atoms with Crippen LogP contribution in [0.25, 0.3) is 10.1 Å². The van der Waals surface area contributed by atoms with Crippen LogP contribution in [0.2, 0.25) is 0 Å². The van der Waals surface area contributed by atoms with Crippen molar-refractivity contribution in [3.05, 3.63) is 23.8 Å². The van der Waals surface area contributed by atoms with Crippen LogP contribution >= 0.6 is 39.9 Å². The maximum Gasteiger partial charge on any atom is 0.0910 e. The number of alkyl halides is 1. The van der Waals surface area contributed by atoms with Crippen molar-refractivity contribution in [2.75, 3.05) is 5.73 Å². The molecule has 2 rings (SSSR count). The van der Waals surface area contributed by atoms with E-state index in [1.54, 1.807) is 11.3 Å². The molecular formula is C9H8BrNS2. The monoisotopic (exact) mass is 273 g/mol. The zero-order valence-corrected chi connectivity index (χ0v) is 10.0. The number of nitrogens with two attached hydrogens (primary N) is 1. The van der Waals surface area contributed by atoms with Gasteiger partial charge in [0.05, 0.1) is 5.00 Å². The summed E-state index contributed by atoms with van der Waals surface area (Å²) in [5.41, 5.74) is 7.05. The van der Waals surface area contributed by atoms with E-state index in [0.717, 1.165) is 20.8 Å². The lowest BCUT2D eigenvalue weighted by atomic mass is 10.2. The Labute approximate surface area is 94.5 Å². The number of nitrogen functional groups attached to an aromatic ring is 1. The van der Waals surface area contributed by atoms with Gasteiger partial charge in [0.1, 0.15) is 0 Å². The molecule has 13 heavy (non-hydrogen) atoms. The second-order valence-corrected chi connectivity index (χ2v) is 4.86. The van der Waals surface area contributed by atoms with Gasteiger partial charge in [-0.25, -0.2) is 0 Å². The van der Waals surface area contributed by atoms with Gasteiger partial charge in [-0.3, -0.25) is 0 Å². The number of hydrogen-bond acceptors (Lipinski definition) is 3. The molecule has 0 aliphatic rings. The molecule has 2 N–H and O–H groups in total. The van der Waals surface area contributed by atoms with E-state index in [-0.39, 0.29) is 0 Å². The van der Waals surface area contributed by atoms with Crippen LogP contribution in [0.1, 0.15) is 5.56 Å². The minimum Gasteiger partial charge on any atom is -0.390 e. The molecule has 4 heteroatoms. The van der Waals surface area contributed by atoms with Crippen LogP contribution in [0.4, 0.5) is 5.00 Å². The maximum atomic E-state index is 5.89. The quantitative estimate of drug-likeness (QED) is 0.602. The SMILES string of the molecule is Nc1sc2cccc(S)c2c1CBr. The second kappa shape index (κ2) is 3.52. The Morgan fingerprint density at radius 2 is 2.23 bits per heavy atom. The molecule has 0 amide bonds. The Hall–Kier alpha value is -0.190. The zero-order chi connectivity index (χ0) is 9.42. The van der Waals surface area contributed by atoms with Crippen LogP contribution in [0.3, 0.4) is 0 Å². The Kier molecular flexibility index (Phi) is 2.53. The van der Waals surface area contributed by atoms with Crippen molar-refractivity contribution >= 4 is 55.0 Å². The van der Waals surface area contributed by atoms with Gasteiger partial charge in [0.2, 0.25) is 0 Å². The molecular weight excluding hydrogens is 266 g/mol. The molecule has 0 saturated carbocycles. The normalized spacial score (nSPS) is 10.9. The van der Waals surface area contributed by atoms with Crippen molar-refractivity contribution in [2.45, 2.75) is 10.2 Å². The Morgan fingerprint density at radius 3 is 2.92 bits per heavy atom. The van der Waals surface area contributed by atoms with Gasteiger partial charge < -0.3 is 5.73 Å². The highest BCUT2D eigenvalue weighted by atomic mass is 79.9. The molecule has 68 valence electrons. The highest BCUT2D eigenvalue weighted by Gasteiger charge is 2.10. The second-order valence-electron chi connectivity index (χ2n) is 2.73. The van der Waals surface area contributed by atoms with Crippen LogP contribution in [-0.4, -0.2) is 0 Å². The van der Waals surface area contributed by atoms with Gasteiger partial charge in [0.15, 0.2) is 0 Å². The van der Waals surface area contributed by atoms with Gasteiger partial charge in [0.25, 0.3) is 0 Å². The molecule has 0 radical (unpaired) electrons. The third kappa shape index (κ3) is 1.47. The number of rotatable bonds is 1. The Morgan fingerprint density at radius 1 is 1.46 bits per heavy atom. The van der Waals surface area contributed by atoms with Gasteiger partial charge in [-0.1, -0.05) is 22.0 Å². The number of thiophene rings is 1. The van der Waals surface area contributed by atoms with Crippen molar-refractivity contribution in [2.24, 2.45) is 0 Å². The molecule has 2 aromatic rings. The fourth-order valence-corrected chi connectivity index (χ4v) is 3.55. The summed E-state index contributed by atoms with van der Waals surface area (Å²) in [6, 6.07) is 6.06. The lowest BCUT2D eigenvalue weighted by Crippen LogP contribution is -1.84. The molecule has 1 aromatic heterocycles. The smallest absolute Gasteiger partial charge is 0.0910 e. The van der Waals surface area contributed by atoms with Crippen molar-refractivity contribution < 1.29 is 0 Å². The summed E-state index contributed by atoms with van der Waals surface area (Å²) in [6.45, 7) is 0. The zero-order valence-electron chi connectivity index (χ0n) is 6.75. The molecule has 1 aromatic carbocycles. The molecule has 0 atom stereocenters. The van der Waals surface area contributed by atoms with Crippen LogP contribution in [0.5, 0.6) is 0 Å². The first kappa shape index (κ1) is 9.37. The minimum absolute atomic E-state index is 0.788. The average Bonchev–Trinajstić information content (AvgIpc) is 2.42. The van der Waals surface area contributed by atoms with Crippen LogP contribution in [0, 0.1) is 0 Å². The summed E-state index contributed by atoms with van der Waals surface area (Å²) in [6.07, 6.45) is 0.